The third-order valence-electron chi connectivity index (χ3n) is 4.82. The van der Waals surface area contributed by atoms with E-state index in [2.05, 4.69) is 28.2 Å². The van der Waals surface area contributed by atoms with Gasteiger partial charge in [0, 0.05) is 15.4 Å². The molecule has 6 nitrogen and oxygen atoms in total. The van der Waals surface area contributed by atoms with Gasteiger partial charge in [-0.25, -0.2) is 10.0 Å². The summed E-state index contributed by atoms with van der Waals surface area (Å²) in [6.07, 6.45) is 4.22. The van der Waals surface area contributed by atoms with Crippen LogP contribution in [-0.2, 0) is 4.79 Å². The number of hydrazone groups is 1. The molecular weight excluding hydrogens is 452 g/mol. The Balaban J connectivity index is 1.72. The molecule has 0 bridgehead atoms. The average molecular weight is 475 g/mol. The summed E-state index contributed by atoms with van der Waals surface area (Å²) in [5.41, 5.74) is 0.491. The normalized spacial score (nSPS) is 18.0. The summed E-state index contributed by atoms with van der Waals surface area (Å²) < 4.78 is 6.73. The first-order chi connectivity index (χ1) is 14.1. The van der Waals surface area contributed by atoms with Crippen LogP contribution >= 0.6 is 27.7 Å². The Morgan fingerprint density at radius 2 is 2.10 bits per heavy atom. The monoisotopic (exact) mass is 474 g/mol. The van der Waals surface area contributed by atoms with Crippen molar-refractivity contribution in [3.05, 3.63) is 56.9 Å². The number of carbonyl (C=O) groups excluding carboxylic acids is 1. The molecule has 1 N–H and O–H groups in total. The number of unbranched alkanes of at least 4 members (excludes halogenated alkanes) is 3. The number of amides is 1. The lowest BCUT2D eigenvalue weighted by Crippen LogP contribution is -2.50. The average Bonchev–Trinajstić information content (AvgIpc) is 3.13. The van der Waals surface area contributed by atoms with Gasteiger partial charge in [0.25, 0.3) is 5.91 Å². The number of hydrogen-bond donors (Lipinski definition) is 1. The SMILES string of the molecule is CCCCCCSC1=NN2C(=c3cc(Br)ccc3=N[C@H]2c2ccc(C)o2)C(=O)N1. The van der Waals surface area contributed by atoms with E-state index in [0.717, 1.165) is 33.0 Å². The van der Waals surface area contributed by atoms with Crippen LogP contribution in [0.2, 0.25) is 0 Å². The van der Waals surface area contributed by atoms with E-state index in [1.165, 1.54) is 19.3 Å². The quantitative estimate of drug-likeness (QED) is 0.646. The van der Waals surface area contributed by atoms with Crippen LogP contribution in [0.1, 0.15) is 50.3 Å². The van der Waals surface area contributed by atoms with Gasteiger partial charge < -0.3 is 4.42 Å². The first kappa shape index (κ1) is 20.2. The lowest BCUT2D eigenvalue weighted by molar-refractivity contribution is -0.116. The first-order valence-electron chi connectivity index (χ1n) is 9.83. The second kappa shape index (κ2) is 8.75. The highest BCUT2D eigenvalue weighted by Gasteiger charge is 2.35. The molecular formula is C21H23BrN4O2S. The molecule has 29 heavy (non-hydrogen) atoms. The maximum atomic E-state index is 13.1. The lowest BCUT2D eigenvalue weighted by Gasteiger charge is -2.32. The number of fused-ring (bicyclic) bond motifs is 2. The van der Waals surface area contributed by atoms with E-state index in [9.17, 15) is 4.79 Å². The fourth-order valence-electron chi connectivity index (χ4n) is 3.39. The van der Waals surface area contributed by atoms with Crippen molar-refractivity contribution in [3.63, 3.8) is 0 Å². The van der Waals surface area contributed by atoms with Crippen molar-refractivity contribution >= 4 is 44.5 Å². The topological polar surface area (TPSA) is 70.2 Å². The summed E-state index contributed by atoms with van der Waals surface area (Å²) in [6, 6.07) is 9.53. The van der Waals surface area contributed by atoms with Crippen molar-refractivity contribution in [2.45, 2.75) is 45.7 Å². The fourth-order valence-corrected chi connectivity index (χ4v) is 4.61. The predicted octanol–water partition coefficient (Wildman–Crippen LogP) is 3.81. The molecule has 0 spiro atoms. The van der Waals surface area contributed by atoms with Crippen LogP contribution in [0.4, 0.5) is 0 Å². The highest BCUT2D eigenvalue weighted by atomic mass is 79.9. The van der Waals surface area contributed by atoms with E-state index in [1.807, 2.05) is 37.3 Å². The van der Waals surface area contributed by atoms with Crippen LogP contribution in [0, 0.1) is 6.92 Å². The van der Waals surface area contributed by atoms with Crippen LogP contribution in [0.5, 0.6) is 0 Å². The van der Waals surface area contributed by atoms with E-state index in [4.69, 9.17) is 14.5 Å². The second-order valence-corrected chi connectivity index (χ2v) is 9.07. The minimum atomic E-state index is -0.505. The Labute approximate surface area is 182 Å². The van der Waals surface area contributed by atoms with Crippen LogP contribution in [0.25, 0.3) is 5.70 Å². The van der Waals surface area contributed by atoms with Crippen molar-refractivity contribution < 1.29 is 9.21 Å². The van der Waals surface area contributed by atoms with Gasteiger partial charge in [0.2, 0.25) is 6.17 Å². The van der Waals surface area contributed by atoms with Crippen LogP contribution < -0.4 is 15.9 Å². The van der Waals surface area contributed by atoms with Gasteiger partial charge in [0.05, 0.1) is 5.36 Å². The van der Waals surface area contributed by atoms with E-state index >= 15 is 0 Å². The van der Waals surface area contributed by atoms with Crippen LogP contribution in [0.15, 0.2) is 49.3 Å². The lowest BCUT2D eigenvalue weighted by atomic mass is 10.1. The minimum absolute atomic E-state index is 0.168. The fraction of sp³-hybridized carbons (Fsp3) is 0.381. The zero-order valence-corrected chi connectivity index (χ0v) is 18.8. The van der Waals surface area contributed by atoms with Gasteiger partial charge in [-0.2, -0.15) is 0 Å². The Kier molecular flexibility index (Phi) is 6.10. The number of furan rings is 1. The van der Waals surface area contributed by atoms with E-state index in [1.54, 1.807) is 16.8 Å². The minimum Gasteiger partial charge on any atom is -0.462 e. The summed E-state index contributed by atoms with van der Waals surface area (Å²) in [4.78, 5) is 17.9. The van der Waals surface area contributed by atoms with Gasteiger partial charge in [0.15, 0.2) is 10.9 Å². The summed E-state index contributed by atoms with van der Waals surface area (Å²) >= 11 is 5.07. The van der Waals surface area contributed by atoms with Crippen LogP contribution in [0.3, 0.4) is 0 Å². The van der Waals surface area contributed by atoms with Crippen molar-refractivity contribution in [1.29, 1.82) is 0 Å². The molecule has 3 heterocycles. The van der Waals surface area contributed by atoms with Crippen molar-refractivity contribution in [2.24, 2.45) is 10.1 Å². The molecule has 2 aliphatic heterocycles. The third kappa shape index (κ3) is 4.28. The summed E-state index contributed by atoms with van der Waals surface area (Å²) in [5, 5.41) is 11.5. The van der Waals surface area contributed by atoms with Crippen molar-refractivity contribution in [2.75, 3.05) is 5.75 Å². The summed E-state index contributed by atoms with van der Waals surface area (Å²) in [5.74, 6) is 2.22. The first-order valence-corrected chi connectivity index (χ1v) is 11.6. The largest absolute Gasteiger partial charge is 0.462 e. The van der Waals surface area contributed by atoms with Gasteiger partial charge in [-0.15, -0.1) is 5.10 Å². The summed E-state index contributed by atoms with van der Waals surface area (Å²) in [7, 11) is 0. The Morgan fingerprint density at radius 3 is 2.86 bits per heavy atom. The molecule has 1 amide bonds. The number of amidine groups is 1. The molecule has 2 aliphatic rings. The molecule has 0 aliphatic carbocycles. The van der Waals surface area contributed by atoms with E-state index < -0.39 is 6.17 Å². The second-order valence-electron chi connectivity index (χ2n) is 7.07. The molecule has 0 fully saturated rings. The zero-order chi connectivity index (χ0) is 20.4. The molecule has 1 aromatic heterocycles. The highest BCUT2D eigenvalue weighted by Crippen LogP contribution is 2.31. The van der Waals surface area contributed by atoms with Crippen LogP contribution in [-0.4, -0.2) is 21.8 Å². The number of halogens is 1. The van der Waals surface area contributed by atoms with Crippen molar-refractivity contribution in [3.8, 4) is 0 Å². The van der Waals surface area contributed by atoms with Gasteiger partial charge in [-0.05, 0) is 43.7 Å². The van der Waals surface area contributed by atoms with Gasteiger partial charge in [0.1, 0.15) is 11.5 Å². The molecule has 1 atom stereocenters. The standard InChI is InChI=1S/C21H23BrN4O2S/c1-3-4-5-6-11-29-21-24-20(27)18-15-12-14(22)8-9-16(15)23-19(26(18)25-21)17-10-7-13(2)28-17/h7-10,12,19H,3-6,11H2,1-2H3,(H,24,25,27)/t19-/m1/s1. The number of benzene rings is 1. The highest BCUT2D eigenvalue weighted by molar-refractivity contribution is 9.10. The molecule has 0 radical (unpaired) electrons. The molecule has 0 saturated carbocycles. The molecule has 1 aromatic carbocycles. The molecule has 4 rings (SSSR count). The number of hydrogen-bond acceptors (Lipinski definition) is 6. The van der Waals surface area contributed by atoms with Crippen molar-refractivity contribution in [1.82, 2.24) is 10.3 Å². The van der Waals surface area contributed by atoms with Gasteiger partial charge >= 0.3 is 0 Å². The van der Waals surface area contributed by atoms with E-state index in [0.29, 0.717) is 16.6 Å². The maximum absolute atomic E-state index is 13.1. The smallest absolute Gasteiger partial charge is 0.276 e. The number of aryl methyl sites for hydroxylation is 1. The summed E-state index contributed by atoms with van der Waals surface area (Å²) in [6.45, 7) is 4.09. The Morgan fingerprint density at radius 1 is 1.24 bits per heavy atom. The number of rotatable bonds is 6. The molecule has 152 valence electrons. The number of carbonyl (C=O) groups is 1. The zero-order valence-electron chi connectivity index (χ0n) is 16.4. The number of nitrogens with one attached hydrogen (secondary N) is 1. The number of thioether (sulfide) groups is 1. The Bertz CT molecular complexity index is 1080. The maximum Gasteiger partial charge on any atom is 0.276 e. The molecule has 0 saturated heterocycles. The Hall–Kier alpha value is -2.06. The van der Waals surface area contributed by atoms with Gasteiger partial charge in [-0.3, -0.25) is 10.1 Å². The third-order valence-corrected chi connectivity index (χ3v) is 6.27. The van der Waals surface area contributed by atoms with E-state index in [-0.39, 0.29) is 5.91 Å². The molecule has 8 heteroatoms. The predicted molar refractivity (Wildman–Crippen MR) is 119 cm³/mol. The number of nitrogens with zero attached hydrogens (tertiary/aromatic N) is 3. The van der Waals surface area contributed by atoms with Gasteiger partial charge in [-0.1, -0.05) is 53.9 Å². The molecule has 2 aromatic rings. The molecule has 0 unspecified atom stereocenters.